The summed E-state index contributed by atoms with van der Waals surface area (Å²) < 4.78 is 16.5. The molecule has 2 aromatic carbocycles. The van der Waals surface area contributed by atoms with Crippen LogP contribution in [0.2, 0.25) is 0 Å². The smallest absolute Gasteiger partial charge is 0.333 e. The summed E-state index contributed by atoms with van der Waals surface area (Å²) in [6, 6.07) is 17.7. The molecule has 1 atom stereocenters. The molecule has 7 nitrogen and oxygen atoms in total. The maximum absolute atomic E-state index is 11.3. The Morgan fingerprint density at radius 3 is 2.48 bits per heavy atom. The van der Waals surface area contributed by atoms with Gasteiger partial charge in [0.25, 0.3) is 0 Å². The van der Waals surface area contributed by atoms with E-state index in [1.54, 1.807) is 18.3 Å². The molecule has 1 unspecified atom stereocenters. The van der Waals surface area contributed by atoms with Gasteiger partial charge in [0, 0.05) is 28.3 Å². The third kappa shape index (κ3) is 5.66. The topological polar surface area (TPSA) is 94.7 Å². The van der Waals surface area contributed by atoms with Crippen molar-refractivity contribution in [3.05, 3.63) is 77.0 Å². The molecule has 2 heterocycles. The molecule has 2 aromatic heterocycles. The highest BCUT2D eigenvalue weighted by Crippen LogP contribution is 2.33. The van der Waals surface area contributed by atoms with Gasteiger partial charge in [-0.25, -0.2) is 4.79 Å². The molecule has 0 saturated carbocycles. The van der Waals surface area contributed by atoms with Crippen LogP contribution in [-0.4, -0.2) is 34.0 Å². The predicted molar refractivity (Wildman–Crippen MR) is 125 cm³/mol. The molecule has 0 spiro atoms. The minimum atomic E-state index is -0.953. The van der Waals surface area contributed by atoms with Crippen LogP contribution in [0.5, 0.6) is 5.75 Å². The number of benzene rings is 2. The van der Waals surface area contributed by atoms with E-state index < -0.39 is 12.1 Å². The number of rotatable bonds is 10. The molecule has 0 aliphatic rings. The number of nitrogens with zero attached hydrogens (tertiary/aromatic N) is 2. The Kier molecular flexibility index (Phi) is 7.16. The molecule has 0 aliphatic carbocycles. The second-order valence-corrected chi connectivity index (χ2v) is 8.59. The number of aromatic nitrogens is 2. The molecule has 0 radical (unpaired) electrons. The van der Waals surface area contributed by atoms with Gasteiger partial charge in [-0.3, -0.25) is 0 Å². The van der Waals surface area contributed by atoms with Crippen molar-refractivity contribution in [1.82, 2.24) is 10.2 Å². The first-order valence-electron chi connectivity index (χ1n) is 10.6. The minimum absolute atomic E-state index is 0.322. The number of carboxylic acid groups (broad SMARTS) is 1. The molecule has 8 heteroatoms. The zero-order valence-electron chi connectivity index (χ0n) is 18.4. The molecule has 33 heavy (non-hydrogen) atoms. The molecule has 4 rings (SSSR count). The first-order chi connectivity index (χ1) is 16.0. The number of ether oxygens (including phenoxy) is 2. The summed E-state index contributed by atoms with van der Waals surface area (Å²) in [5, 5.41) is 16.9. The minimum Gasteiger partial charge on any atom is -0.488 e. The summed E-state index contributed by atoms with van der Waals surface area (Å²) in [5.74, 6) is 0.283. The van der Waals surface area contributed by atoms with Gasteiger partial charge in [-0.15, -0.1) is 21.5 Å². The summed E-state index contributed by atoms with van der Waals surface area (Å²) in [4.78, 5) is 13.6. The van der Waals surface area contributed by atoms with E-state index in [9.17, 15) is 9.90 Å². The molecule has 0 aliphatic heterocycles. The van der Waals surface area contributed by atoms with E-state index in [-0.39, 0.29) is 0 Å². The second-order valence-electron chi connectivity index (χ2n) is 7.46. The third-order valence-electron chi connectivity index (χ3n) is 5.15. The summed E-state index contributed by atoms with van der Waals surface area (Å²) in [5.41, 5.74) is 4.06. The van der Waals surface area contributed by atoms with Crippen molar-refractivity contribution in [1.29, 1.82) is 0 Å². The van der Waals surface area contributed by atoms with Crippen LogP contribution < -0.4 is 4.74 Å². The van der Waals surface area contributed by atoms with Crippen LogP contribution in [0.25, 0.3) is 21.9 Å². The molecule has 0 bridgehead atoms. The van der Waals surface area contributed by atoms with E-state index >= 15 is 0 Å². The molecule has 4 aromatic rings. The van der Waals surface area contributed by atoms with Gasteiger partial charge < -0.3 is 19.0 Å². The fraction of sp³-hybridized carbons (Fsp3) is 0.240. The fourth-order valence-corrected chi connectivity index (χ4v) is 4.48. The molecule has 170 valence electrons. The van der Waals surface area contributed by atoms with Crippen LogP contribution in [0.15, 0.2) is 65.4 Å². The van der Waals surface area contributed by atoms with Crippen LogP contribution in [0.1, 0.15) is 22.9 Å². The van der Waals surface area contributed by atoms with Crippen LogP contribution in [0, 0.1) is 6.92 Å². The largest absolute Gasteiger partial charge is 0.488 e. The Balaban J connectivity index is 1.38. The van der Waals surface area contributed by atoms with E-state index in [2.05, 4.69) is 23.2 Å². The maximum atomic E-state index is 11.3. The highest BCUT2D eigenvalue weighted by molar-refractivity contribution is 7.15. The van der Waals surface area contributed by atoms with Gasteiger partial charge in [0.05, 0.1) is 0 Å². The first kappa shape index (κ1) is 22.7. The maximum Gasteiger partial charge on any atom is 0.333 e. The monoisotopic (exact) mass is 464 g/mol. The Labute approximate surface area is 195 Å². The summed E-state index contributed by atoms with van der Waals surface area (Å²) in [6.07, 6.45) is 0.802. The van der Waals surface area contributed by atoms with Crippen molar-refractivity contribution in [2.24, 2.45) is 0 Å². The van der Waals surface area contributed by atoms with Gasteiger partial charge in [-0.1, -0.05) is 24.3 Å². The Hall–Kier alpha value is -3.49. The lowest BCUT2D eigenvalue weighted by Crippen LogP contribution is -2.26. The van der Waals surface area contributed by atoms with E-state index in [0.29, 0.717) is 25.5 Å². The second kappa shape index (κ2) is 10.4. The lowest BCUT2D eigenvalue weighted by molar-refractivity contribution is -0.149. The SMILES string of the molecule is CCOC(Cc1ccc(OCc2sc(-c3ccc(-c4nnco4)cc3)cc2C)cc1)C(=O)O. The van der Waals surface area contributed by atoms with E-state index in [4.69, 9.17) is 13.9 Å². The van der Waals surface area contributed by atoms with Gasteiger partial charge in [0.1, 0.15) is 12.4 Å². The standard InChI is InChI=1S/C25H24N2O5S/c1-3-30-21(25(28)29)13-17-4-10-20(11-5-17)31-14-23-16(2)12-22(33-23)18-6-8-19(9-7-18)24-27-26-15-32-24/h4-12,15,21H,3,13-14H2,1-2H3,(H,28,29). The van der Waals surface area contributed by atoms with Gasteiger partial charge in [0.15, 0.2) is 6.10 Å². The highest BCUT2D eigenvalue weighted by atomic mass is 32.1. The Morgan fingerprint density at radius 2 is 1.85 bits per heavy atom. The number of aryl methyl sites for hydroxylation is 1. The van der Waals surface area contributed by atoms with Gasteiger partial charge in [0.2, 0.25) is 12.3 Å². The van der Waals surface area contributed by atoms with E-state index in [1.165, 1.54) is 12.0 Å². The van der Waals surface area contributed by atoms with Crippen molar-refractivity contribution in [3.8, 4) is 27.6 Å². The molecular formula is C25H24N2O5S. The summed E-state index contributed by atoms with van der Waals surface area (Å²) >= 11 is 1.70. The fourth-order valence-electron chi connectivity index (χ4n) is 3.38. The van der Waals surface area contributed by atoms with E-state index in [1.807, 2.05) is 48.5 Å². The van der Waals surface area contributed by atoms with Crippen molar-refractivity contribution in [2.75, 3.05) is 6.61 Å². The molecule has 0 saturated heterocycles. The predicted octanol–water partition coefficient (Wildman–Crippen LogP) is 5.38. The summed E-state index contributed by atoms with van der Waals surface area (Å²) in [6.45, 7) is 4.69. The zero-order chi connectivity index (χ0) is 23.2. The van der Waals surface area contributed by atoms with Crippen molar-refractivity contribution in [3.63, 3.8) is 0 Å². The average Bonchev–Trinajstić information content (AvgIpc) is 3.48. The molecule has 0 fully saturated rings. The Morgan fingerprint density at radius 1 is 1.12 bits per heavy atom. The molecular weight excluding hydrogens is 440 g/mol. The lowest BCUT2D eigenvalue weighted by Gasteiger charge is -2.13. The zero-order valence-corrected chi connectivity index (χ0v) is 19.2. The number of carbonyl (C=O) groups is 1. The van der Waals surface area contributed by atoms with Gasteiger partial charge in [-0.05, 0) is 60.9 Å². The number of hydrogen-bond acceptors (Lipinski definition) is 7. The van der Waals surface area contributed by atoms with Crippen LogP contribution >= 0.6 is 11.3 Å². The normalized spacial score (nSPS) is 11.9. The van der Waals surface area contributed by atoms with Crippen LogP contribution in [-0.2, 0) is 22.6 Å². The lowest BCUT2D eigenvalue weighted by atomic mass is 10.1. The summed E-state index contributed by atoms with van der Waals surface area (Å²) in [7, 11) is 0. The van der Waals surface area contributed by atoms with Gasteiger partial charge >= 0.3 is 5.97 Å². The number of aliphatic carboxylic acids is 1. The number of hydrogen-bond donors (Lipinski definition) is 1. The van der Waals surface area contributed by atoms with Crippen molar-refractivity contribution >= 4 is 17.3 Å². The van der Waals surface area contributed by atoms with Gasteiger partial charge in [-0.2, -0.15) is 0 Å². The van der Waals surface area contributed by atoms with Crippen molar-refractivity contribution < 1.29 is 23.8 Å². The third-order valence-corrected chi connectivity index (χ3v) is 6.41. The quantitative estimate of drug-likeness (QED) is 0.336. The Bertz CT molecular complexity index is 1180. The molecule has 1 N–H and O–H groups in total. The molecule has 0 amide bonds. The number of thiophene rings is 1. The first-order valence-corrected chi connectivity index (χ1v) is 11.4. The van der Waals surface area contributed by atoms with Crippen molar-refractivity contribution in [2.45, 2.75) is 33.0 Å². The van der Waals surface area contributed by atoms with E-state index in [0.717, 1.165) is 32.2 Å². The van der Waals surface area contributed by atoms with Crippen LogP contribution in [0.3, 0.4) is 0 Å². The number of carboxylic acids is 1. The average molecular weight is 465 g/mol. The highest BCUT2D eigenvalue weighted by Gasteiger charge is 2.18. The van der Waals surface area contributed by atoms with Crippen LogP contribution in [0.4, 0.5) is 0 Å².